The van der Waals surface area contributed by atoms with Crippen molar-refractivity contribution in [3.8, 4) is 0 Å². The summed E-state index contributed by atoms with van der Waals surface area (Å²) in [6, 6.07) is 1.64. The number of carbonyl (C=O) groups excluding carboxylic acids is 1. The Morgan fingerprint density at radius 3 is 2.86 bits per heavy atom. The number of hydrogen-bond acceptors (Lipinski definition) is 5. The number of fused-ring (bicyclic) bond motifs is 1. The summed E-state index contributed by atoms with van der Waals surface area (Å²) in [4.78, 5) is 39.3. The van der Waals surface area contributed by atoms with E-state index in [1.165, 1.54) is 0 Å². The Morgan fingerprint density at radius 1 is 1.32 bits per heavy atom. The number of aryl methyl sites for hydroxylation is 1. The van der Waals surface area contributed by atoms with Gasteiger partial charge >= 0.3 is 0 Å². The fourth-order valence-corrected chi connectivity index (χ4v) is 2.60. The Hall–Kier alpha value is -2.28. The molecule has 1 amide bonds. The highest BCUT2D eigenvalue weighted by Crippen LogP contribution is 2.07. The lowest BCUT2D eigenvalue weighted by atomic mass is 10.2. The molecule has 7 heteroatoms. The predicted octanol–water partition coefficient (Wildman–Crippen LogP) is 0.0247. The van der Waals surface area contributed by atoms with Crippen LogP contribution in [0.4, 0.5) is 0 Å². The van der Waals surface area contributed by atoms with Crippen molar-refractivity contribution >= 4 is 16.8 Å². The molecule has 3 heterocycles. The van der Waals surface area contributed by atoms with E-state index in [1.807, 2.05) is 4.90 Å². The number of nitrogens with one attached hydrogen (secondary N) is 1. The largest absolute Gasteiger partial charge is 0.340 e. The van der Waals surface area contributed by atoms with Gasteiger partial charge < -0.3 is 14.8 Å². The molecular weight excluding hydrogens is 282 g/mol. The lowest BCUT2D eigenvalue weighted by Crippen LogP contribution is -2.47. The molecule has 0 unspecified atom stereocenters. The van der Waals surface area contributed by atoms with E-state index in [4.69, 9.17) is 0 Å². The van der Waals surface area contributed by atoms with Gasteiger partial charge in [-0.1, -0.05) is 0 Å². The zero-order chi connectivity index (χ0) is 15.5. The Bertz CT molecular complexity index is 734. The van der Waals surface area contributed by atoms with E-state index >= 15 is 0 Å². The van der Waals surface area contributed by atoms with Crippen LogP contribution in [0.15, 0.2) is 23.3 Å². The zero-order valence-electron chi connectivity index (χ0n) is 12.6. The summed E-state index contributed by atoms with van der Waals surface area (Å²) in [6.45, 7) is 3.34. The summed E-state index contributed by atoms with van der Waals surface area (Å²) in [5.41, 5.74) is 0.378. The van der Waals surface area contributed by atoms with E-state index in [1.54, 1.807) is 18.5 Å². The fourth-order valence-electron chi connectivity index (χ4n) is 2.60. The van der Waals surface area contributed by atoms with E-state index < -0.39 is 0 Å². The third kappa shape index (κ3) is 3.14. The molecule has 0 atom stereocenters. The third-order valence-electron chi connectivity index (χ3n) is 3.99. The van der Waals surface area contributed by atoms with Gasteiger partial charge in [0.25, 0.3) is 5.56 Å². The number of carbonyl (C=O) groups is 1. The van der Waals surface area contributed by atoms with Gasteiger partial charge in [-0.05, 0) is 13.1 Å². The van der Waals surface area contributed by atoms with Gasteiger partial charge in [-0.25, -0.2) is 4.98 Å². The summed E-state index contributed by atoms with van der Waals surface area (Å²) in [7, 11) is 2.06. The highest BCUT2D eigenvalue weighted by molar-refractivity contribution is 5.77. The SMILES string of the molecule is CN1CCN(C(=O)CCc2nc3cnccc3c(=O)[nH]2)CC1. The first-order valence-electron chi connectivity index (χ1n) is 7.43. The molecule has 7 nitrogen and oxygen atoms in total. The van der Waals surface area contributed by atoms with Gasteiger partial charge in [0, 0.05) is 45.2 Å². The van der Waals surface area contributed by atoms with Gasteiger partial charge in [-0.3, -0.25) is 14.6 Å². The van der Waals surface area contributed by atoms with Crippen LogP contribution in [-0.4, -0.2) is 63.9 Å². The van der Waals surface area contributed by atoms with Crippen molar-refractivity contribution < 1.29 is 4.79 Å². The lowest BCUT2D eigenvalue weighted by molar-refractivity contribution is -0.132. The first-order chi connectivity index (χ1) is 10.6. The van der Waals surface area contributed by atoms with Crippen molar-refractivity contribution in [1.29, 1.82) is 0 Å². The second kappa shape index (κ2) is 6.23. The predicted molar refractivity (Wildman–Crippen MR) is 82.6 cm³/mol. The summed E-state index contributed by atoms with van der Waals surface area (Å²) < 4.78 is 0. The Balaban J connectivity index is 1.66. The minimum atomic E-state index is -0.186. The smallest absolute Gasteiger partial charge is 0.258 e. The Morgan fingerprint density at radius 2 is 2.09 bits per heavy atom. The van der Waals surface area contributed by atoms with Crippen molar-refractivity contribution in [1.82, 2.24) is 24.8 Å². The number of pyridine rings is 1. The number of nitrogens with zero attached hydrogens (tertiary/aromatic N) is 4. The van der Waals surface area contributed by atoms with Crippen molar-refractivity contribution in [2.75, 3.05) is 33.2 Å². The molecule has 0 aliphatic carbocycles. The molecule has 1 fully saturated rings. The molecule has 1 aliphatic rings. The van der Waals surface area contributed by atoms with Gasteiger partial charge in [-0.2, -0.15) is 0 Å². The molecular formula is C15H19N5O2. The summed E-state index contributed by atoms with van der Waals surface area (Å²) in [5, 5.41) is 0.518. The molecule has 3 rings (SSSR count). The molecule has 0 aromatic carbocycles. The standard InChI is InChI=1S/C15H19N5O2/c1-19-6-8-20(9-7-19)14(21)3-2-13-17-12-10-16-5-4-11(12)15(22)18-13/h4-5,10H,2-3,6-9H2,1H3,(H,17,18,22). The quantitative estimate of drug-likeness (QED) is 0.864. The fraction of sp³-hybridized carbons (Fsp3) is 0.467. The van der Waals surface area contributed by atoms with Crippen LogP contribution in [-0.2, 0) is 11.2 Å². The number of hydrogen-bond donors (Lipinski definition) is 1. The topological polar surface area (TPSA) is 82.2 Å². The van der Waals surface area contributed by atoms with Gasteiger partial charge in [0.1, 0.15) is 5.82 Å². The summed E-state index contributed by atoms with van der Waals surface area (Å²) in [6.07, 6.45) is 3.93. The van der Waals surface area contributed by atoms with Crippen LogP contribution in [0.1, 0.15) is 12.2 Å². The minimum absolute atomic E-state index is 0.113. The van der Waals surface area contributed by atoms with Crippen LogP contribution in [0.3, 0.4) is 0 Å². The molecule has 0 saturated carbocycles. The van der Waals surface area contributed by atoms with Crippen molar-refractivity contribution in [2.45, 2.75) is 12.8 Å². The first-order valence-corrected chi connectivity index (χ1v) is 7.43. The van der Waals surface area contributed by atoms with E-state index in [-0.39, 0.29) is 11.5 Å². The maximum absolute atomic E-state index is 12.2. The number of aromatic amines is 1. The Labute approximate surface area is 128 Å². The van der Waals surface area contributed by atoms with Gasteiger partial charge in [0.2, 0.25) is 5.91 Å². The maximum Gasteiger partial charge on any atom is 0.258 e. The normalized spacial score (nSPS) is 16.1. The molecule has 0 spiro atoms. The highest BCUT2D eigenvalue weighted by atomic mass is 16.2. The number of likely N-dealkylation sites (N-methyl/N-ethyl adjacent to an activating group) is 1. The summed E-state index contributed by atoms with van der Waals surface area (Å²) in [5.74, 6) is 0.648. The number of rotatable bonds is 3. The van der Waals surface area contributed by atoms with Crippen LogP contribution >= 0.6 is 0 Å². The van der Waals surface area contributed by atoms with Crippen molar-refractivity contribution in [3.05, 3.63) is 34.6 Å². The molecule has 0 bridgehead atoms. The average molecular weight is 301 g/mol. The second-order valence-corrected chi connectivity index (χ2v) is 5.59. The number of amides is 1. The summed E-state index contributed by atoms with van der Waals surface area (Å²) >= 11 is 0. The molecule has 1 saturated heterocycles. The number of piperazine rings is 1. The van der Waals surface area contributed by atoms with E-state index in [9.17, 15) is 9.59 Å². The molecule has 1 N–H and O–H groups in total. The van der Waals surface area contributed by atoms with Crippen molar-refractivity contribution in [3.63, 3.8) is 0 Å². The van der Waals surface area contributed by atoms with Gasteiger partial charge in [-0.15, -0.1) is 0 Å². The minimum Gasteiger partial charge on any atom is -0.340 e. The maximum atomic E-state index is 12.2. The first kappa shape index (κ1) is 14.6. The lowest BCUT2D eigenvalue weighted by Gasteiger charge is -2.32. The highest BCUT2D eigenvalue weighted by Gasteiger charge is 2.19. The van der Waals surface area contributed by atoms with E-state index in [0.717, 1.165) is 26.2 Å². The Kier molecular flexibility index (Phi) is 4.15. The van der Waals surface area contributed by atoms with Gasteiger partial charge in [0.15, 0.2) is 0 Å². The van der Waals surface area contributed by atoms with E-state index in [2.05, 4.69) is 26.9 Å². The number of aromatic nitrogens is 3. The monoisotopic (exact) mass is 301 g/mol. The number of H-pyrrole nitrogens is 1. The van der Waals surface area contributed by atoms with E-state index in [0.29, 0.717) is 29.6 Å². The average Bonchev–Trinajstić information content (AvgIpc) is 2.53. The van der Waals surface area contributed by atoms with Crippen LogP contribution in [0.25, 0.3) is 10.9 Å². The molecule has 22 heavy (non-hydrogen) atoms. The molecule has 0 radical (unpaired) electrons. The molecule has 2 aromatic rings. The van der Waals surface area contributed by atoms with Crippen LogP contribution in [0, 0.1) is 0 Å². The molecule has 1 aliphatic heterocycles. The third-order valence-corrected chi connectivity index (χ3v) is 3.99. The second-order valence-electron chi connectivity index (χ2n) is 5.59. The zero-order valence-corrected chi connectivity index (χ0v) is 12.6. The molecule has 116 valence electrons. The van der Waals surface area contributed by atoms with Crippen LogP contribution < -0.4 is 5.56 Å². The molecule has 2 aromatic heterocycles. The van der Waals surface area contributed by atoms with Gasteiger partial charge in [0.05, 0.1) is 17.1 Å². The van der Waals surface area contributed by atoms with Crippen LogP contribution in [0.5, 0.6) is 0 Å². The van der Waals surface area contributed by atoms with Crippen molar-refractivity contribution in [2.24, 2.45) is 0 Å². The van der Waals surface area contributed by atoms with Crippen LogP contribution in [0.2, 0.25) is 0 Å².